The molecule has 1 radical (unpaired) electrons. The average molecular weight is 296 g/mol. The largest absolute Gasteiger partial charge is 0.508 e. The van der Waals surface area contributed by atoms with Crippen molar-refractivity contribution in [2.24, 2.45) is 5.92 Å². The van der Waals surface area contributed by atoms with Crippen LogP contribution in [0, 0.1) is 12.3 Å². The highest BCUT2D eigenvalue weighted by molar-refractivity contribution is 9.10. The fourth-order valence-corrected chi connectivity index (χ4v) is 3.01. The van der Waals surface area contributed by atoms with E-state index in [1.807, 2.05) is 12.1 Å². The minimum atomic E-state index is 0.422. The lowest BCUT2D eigenvalue weighted by molar-refractivity contribution is 0.389. The first-order valence-corrected chi connectivity index (χ1v) is 7.36. The second-order valence-corrected chi connectivity index (χ2v) is 5.86. The van der Waals surface area contributed by atoms with E-state index in [4.69, 9.17) is 0 Å². The van der Waals surface area contributed by atoms with Crippen LogP contribution >= 0.6 is 15.9 Å². The molecular weight excluding hydrogens is 276 g/mol. The maximum absolute atomic E-state index is 9.74. The van der Waals surface area contributed by atoms with Crippen molar-refractivity contribution >= 4 is 15.9 Å². The predicted octanol–water partition coefficient (Wildman–Crippen LogP) is 4.87. The number of phenols is 1. The van der Waals surface area contributed by atoms with E-state index in [-0.39, 0.29) is 0 Å². The van der Waals surface area contributed by atoms with Gasteiger partial charge in [-0.25, -0.2) is 0 Å². The number of aromatic hydroxyl groups is 1. The summed E-state index contributed by atoms with van der Waals surface area (Å²) in [7, 11) is 0. The molecule has 2 heteroatoms. The van der Waals surface area contributed by atoms with Crippen LogP contribution in [-0.2, 0) is 6.42 Å². The molecule has 1 aliphatic rings. The summed E-state index contributed by atoms with van der Waals surface area (Å²) in [6.45, 7) is 0. The van der Waals surface area contributed by atoms with Gasteiger partial charge in [-0.15, -0.1) is 0 Å². The van der Waals surface area contributed by atoms with Gasteiger partial charge in [-0.1, -0.05) is 48.0 Å². The van der Waals surface area contributed by atoms with E-state index in [9.17, 15) is 5.11 Å². The molecule has 0 atom stereocenters. The third-order valence-corrected chi connectivity index (χ3v) is 4.10. The molecule has 1 aromatic carbocycles. The summed E-state index contributed by atoms with van der Waals surface area (Å²) in [5.41, 5.74) is 1.05. The molecule has 0 heterocycles. The van der Waals surface area contributed by atoms with E-state index in [0.29, 0.717) is 5.75 Å². The molecule has 1 aliphatic carbocycles. The van der Waals surface area contributed by atoms with Gasteiger partial charge >= 0.3 is 0 Å². The Balaban J connectivity index is 1.79. The summed E-state index contributed by atoms with van der Waals surface area (Å²) in [6.07, 6.45) is 11.4. The number of aryl methyl sites for hydroxylation is 1. The van der Waals surface area contributed by atoms with Crippen LogP contribution < -0.4 is 0 Å². The molecule has 0 saturated heterocycles. The fraction of sp³-hybridized carbons (Fsp3) is 0.533. The van der Waals surface area contributed by atoms with E-state index in [1.54, 1.807) is 6.07 Å². The quantitative estimate of drug-likeness (QED) is 0.840. The second kappa shape index (κ2) is 6.44. The minimum Gasteiger partial charge on any atom is -0.508 e. The van der Waals surface area contributed by atoms with Crippen molar-refractivity contribution < 1.29 is 5.11 Å². The van der Waals surface area contributed by atoms with Crippen LogP contribution in [0.15, 0.2) is 22.7 Å². The van der Waals surface area contributed by atoms with E-state index in [1.165, 1.54) is 32.1 Å². The van der Waals surface area contributed by atoms with Crippen molar-refractivity contribution in [3.05, 3.63) is 34.7 Å². The third kappa shape index (κ3) is 4.02. The molecule has 17 heavy (non-hydrogen) atoms. The fourth-order valence-electron chi connectivity index (χ4n) is 2.60. The molecule has 0 aliphatic heterocycles. The number of halogens is 1. The Morgan fingerprint density at radius 1 is 1.24 bits per heavy atom. The van der Waals surface area contributed by atoms with Gasteiger partial charge in [0.05, 0.1) is 0 Å². The number of rotatable bonds is 4. The first kappa shape index (κ1) is 12.9. The number of hydrogen-bond donors (Lipinski definition) is 1. The van der Waals surface area contributed by atoms with Crippen LogP contribution in [0.3, 0.4) is 0 Å². The normalized spacial score (nSPS) is 17.2. The summed E-state index contributed by atoms with van der Waals surface area (Å²) in [5, 5.41) is 9.74. The highest BCUT2D eigenvalue weighted by Crippen LogP contribution is 2.28. The Labute approximate surface area is 112 Å². The molecule has 1 nitrogen and oxygen atoms in total. The van der Waals surface area contributed by atoms with Crippen LogP contribution in [0.5, 0.6) is 5.75 Å². The Hall–Kier alpha value is -0.500. The standard InChI is InChI=1S/C15H20BrO/c16-14-9-10-15(17)13(11-14)8-4-7-12-5-2-1-3-6-12/h7,9-12,17H,1-6,8H2. The molecular formula is C15H20BrO. The topological polar surface area (TPSA) is 20.2 Å². The Morgan fingerprint density at radius 2 is 2.00 bits per heavy atom. The second-order valence-electron chi connectivity index (χ2n) is 4.95. The predicted molar refractivity (Wildman–Crippen MR) is 75.0 cm³/mol. The van der Waals surface area contributed by atoms with Crippen LogP contribution in [0.25, 0.3) is 0 Å². The number of benzene rings is 1. The van der Waals surface area contributed by atoms with Gasteiger partial charge in [-0.05, 0) is 48.9 Å². The molecule has 0 aromatic heterocycles. The zero-order valence-electron chi connectivity index (χ0n) is 10.2. The van der Waals surface area contributed by atoms with Gasteiger partial charge in [0.1, 0.15) is 5.75 Å². The molecule has 93 valence electrons. The van der Waals surface area contributed by atoms with E-state index in [2.05, 4.69) is 22.4 Å². The highest BCUT2D eigenvalue weighted by atomic mass is 79.9. The molecule has 0 amide bonds. The van der Waals surface area contributed by atoms with Gasteiger partial charge in [0, 0.05) is 4.47 Å². The third-order valence-electron chi connectivity index (χ3n) is 3.61. The maximum atomic E-state index is 9.74. The van der Waals surface area contributed by atoms with Crippen LogP contribution in [-0.4, -0.2) is 5.11 Å². The van der Waals surface area contributed by atoms with Crippen molar-refractivity contribution in [3.63, 3.8) is 0 Å². The molecule has 1 saturated carbocycles. The van der Waals surface area contributed by atoms with E-state index >= 15 is 0 Å². The lowest BCUT2D eigenvalue weighted by Gasteiger charge is -2.21. The number of hydrogen-bond acceptors (Lipinski definition) is 1. The summed E-state index contributed by atoms with van der Waals surface area (Å²) < 4.78 is 1.04. The molecule has 1 N–H and O–H groups in total. The van der Waals surface area contributed by atoms with Crippen LogP contribution in [0.1, 0.15) is 44.1 Å². The van der Waals surface area contributed by atoms with Gasteiger partial charge in [-0.3, -0.25) is 0 Å². The smallest absolute Gasteiger partial charge is 0.118 e. The molecule has 1 fully saturated rings. The van der Waals surface area contributed by atoms with E-state index < -0.39 is 0 Å². The summed E-state index contributed by atoms with van der Waals surface area (Å²) in [5.74, 6) is 1.24. The van der Waals surface area contributed by atoms with Gasteiger partial charge in [-0.2, -0.15) is 0 Å². The lowest BCUT2D eigenvalue weighted by Crippen LogP contribution is -2.07. The SMILES string of the molecule is Oc1ccc(Br)cc1CC[CH]C1CCCCC1. The molecule has 0 unspecified atom stereocenters. The first-order chi connectivity index (χ1) is 8.25. The molecule has 2 rings (SSSR count). The van der Waals surface area contributed by atoms with Crippen molar-refractivity contribution in [2.75, 3.05) is 0 Å². The molecule has 0 spiro atoms. The molecule has 0 bridgehead atoms. The van der Waals surface area contributed by atoms with Gasteiger partial charge in [0.25, 0.3) is 0 Å². The van der Waals surface area contributed by atoms with E-state index in [0.717, 1.165) is 28.8 Å². The van der Waals surface area contributed by atoms with Gasteiger partial charge in [0.2, 0.25) is 0 Å². The van der Waals surface area contributed by atoms with Gasteiger partial charge < -0.3 is 5.11 Å². The van der Waals surface area contributed by atoms with Crippen LogP contribution in [0.4, 0.5) is 0 Å². The van der Waals surface area contributed by atoms with Crippen LogP contribution in [0.2, 0.25) is 0 Å². The number of phenolic OH excluding ortho intramolecular Hbond substituents is 1. The monoisotopic (exact) mass is 295 g/mol. The Bertz CT molecular complexity index is 356. The average Bonchev–Trinajstić information content (AvgIpc) is 2.35. The van der Waals surface area contributed by atoms with Crippen molar-refractivity contribution in [1.29, 1.82) is 0 Å². The summed E-state index contributed by atoms with van der Waals surface area (Å²) in [6, 6.07) is 5.66. The zero-order valence-corrected chi connectivity index (χ0v) is 11.7. The van der Waals surface area contributed by atoms with Crippen molar-refractivity contribution in [3.8, 4) is 5.75 Å². The Kier molecular flexibility index (Phi) is 4.90. The summed E-state index contributed by atoms with van der Waals surface area (Å²) >= 11 is 3.44. The summed E-state index contributed by atoms with van der Waals surface area (Å²) in [4.78, 5) is 0. The van der Waals surface area contributed by atoms with Gasteiger partial charge in [0.15, 0.2) is 0 Å². The molecule has 1 aromatic rings. The highest BCUT2D eigenvalue weighted by Gasteiger charge is 2.13. The Morgan fingerprint density at radius 3 is 2.76 bits per heavy atom. The minimum absolute atomic E-state index is 0.422. The zero-order chi connectivity index (χ0) is 12.1. The van der Waals surface area contributed by atoms with Crippen molar-refractivity contribution in [2.45, 2.75) is 44.9 Å². The first-order valence-electron chi connectivity index (χ1n) is 6.56. The lowest BCUT2D eigenvalue weighted by atomic mass is 9.85. The maximum Gasteiger partial charge on any atom is 0.118 e. The van der Waals surface area contributed by atoms with Crippen molar-refractivity contribution in [1.82, 2.24) is 0 Å².